The van der Waals surface area contributed by atoms with E-state index in [-0.39, 0.29) is 12.5 Å². The van der Waals surface area contributed by atoms with Crippen LogP contribution < -0.4 is 4.74 Å². The van der Waals surface area contributed by atoms with Crippen LogP contribution >= 0.6 is 23.2 Å². The first-order chi connectivity index (χ1) is 9.56. The number of carbonyl (C=O) groups excluding carboxylic acids is 1. The zero-order chi connectivity index (χ0) is 14.5. The molecule has 1 aromatic heterocycles. The van der Waals surface area contributed by atoms with Crippen LogP contribution in [0.5, 0.6) is 5.75 Å². The Balaban J connectivity index is 1.86. The number of amides is 1. The number of hydrogen-bond acceptors (Lipinski definition) is 3. The van der Waals surface area contributed by atoms with Crippen molar-refractivity contribution < 1.29 is 9.53 Å². The second-order valence-corrected chi connectivity index (χ2v) is 5.04. The van der Waals surface area contributed by atoms with Gasteiger partial charge in [-0.25, -0.2) is 0 Å². The summed E-state index contributed by atoms with van der Waals surface area (Å²) in [5.41, 5.74) is 0.926. The highest BCUT2D eigenvalue weighted by atomic mass is 35.5. The molecule has 2 rings (SSSR count). The predicted octanol–water partition coefficient (Wildman–Crippen LogP) is 2.75. The molecule has 0 bridgehead atoms. The monoisotopic (exact) mass is 313 g/mol. The molecule has 106 valence electrons. The summed E-state index contributed by atoms with van der Waals surface area (Å²) in [7, 11) is 1.70. The molecular weight excluding hydrogens is 301 g/mol. The largest absolute Gasteiger partial charge is 0.484 e. The first-order valence-corrected chi connectivity index (χ1v) is 6.61. The Morgan fingerprint density at radius 1 is 1.40 bits per heavy atom. The van der Waals surface area contributed by atoms with Gasteiger partial charge in [-0.1, -0.05) is 23.2 Å². The number of H-pyrrole nitrogens is 1. The fraction of sp³-hybridized carbons (Fsp3) is 0.231. The maximum absolute atomic E-state index is 11.9. The Morgan fingerprint density at radius 2 is 2.20 bits per heavy atom. The van der Waals surface area contributed by atoms with E-state index >= 15 is 0 Å². The van der Waals surface area contributed by atoms with Crippen LogP contribution in [0.4, 0.5) is 0 Å². The molecule has 0 aliphatic carbocycles. The molecule has 7 heteroatoms. The second-order valence-electron chi connectivity index (χ2n) is 4.22. The zero-order valence-corrected chi connectivity index (χ0v) is 12.3. The van der Waals surface area contributed by atoms with Gasteiger partial charge < -0.3 is 9.64 Å². The van der Waals surface area contributed by atoms with E-state index in [1.165, 1.54) is 0 Å². The lowest BCUT2D eigenvalue weighted by atomic mass is 10.3. The number of aromatic amines is 1. The topological polar surface area (TPSA) is 58.2 Å². The molecule has 1 amide bonds. The minimum atomic E-state index is -0.141. The molecule has 0 aliphatic rings. The first-order valence-electron chi connectivity index (χ1n) is 5.85. The number of halogens is 2. The number of nitrogens with one attached hydrogen (secondary N) is 1. The fourth-order valence-corrected chi connectivity index (χ4v) is 1.84. The number of benzene rings is 1. The Bertz CT molecular complexity index is 587. The molecule has 1 aromatic carbocycles. The lowest BCUT2D eigenvalue weighted by Gasteiger charge is -2.16. The van der Waals surface area contributed by atoms with Crippen LogP contribution in [0.15, 0.2) is 30.6 Å². The third-order valence-corrected chi connectivity index (χ3v) is 3.39. The van der Waals surface area contributed by atoms with E-state index < -0.39 is 0 Å². The van der Waals surface area contributed by atoms with E-state index in [9.17, 15) is 4.79 Å². The zero-order valence-electron chi connectivity index (χ0n) is 10.8. The van der Waals surface area contributed by atoms with Crippen molar-refractivity contribution in [2.75, 3.05) is 13.7 Å². The maximum atomic E-state index is 11.9. The van der Waals surface area contributed by atoms with Crippen molar-refractivity contribution in [3.05, 3.63) is 46.2 Å². The van der Waals surface area contributed by atoms with Crippen LogP contribution in [-0.2, 0) is 11.3 Å². The highest BCUT2D eigenvalue weighted by Crippen LogP contribution is 2.26. The molecule has 0 fully saturated rings. The summed E-state index contributed by atoms with van der Waals surface area (Å²) in [6.07, 6.45) is 3.41. The number of aromatic nitrogens is 2. The molecule has 20 heavy (non-hydrogen) atoms. The van der Waals surface area contributed by atoms with Crippen molar-refractivity contribution >= 4 is 29.1 Å². The van der Waals surface area contributed by atoms with Crippen molar-refractivity contribution in [2.45, 2.75) is 6.54 Å². The van der Waals surface area contributed by atoms with Gasteiger partial charge >= 0.3 is 0 Å². The van der Waals surface area contributed by atoms with Crippen LogP contribution in [0.2, 0.25) is 10.0 Å². The van der Waals surface area contributed by atoms with Gasteiger partial charge in [0.15, 0.2) is 6.61 Å². The van der Waals surface area contributed by atoms with Gasteiger partial charge in [0.25, 0.3) is 5.91 Å². The van der Waals surface area contributed by atoms with E-state index in [4.69, 9.17) is 27.9 Å². The minimum Gasteiger partial charge on any atom is -0.484 e. The molecule has 0 saturated heterocycles. The summed E-state index contributed by atoms with van der Waals surface area (Å²) in [6, 6.07) is 4.86. The molecule has 1 heterocycles. The van der Waals surface area contributed by atoms with E-state index in [2.05, 4.69) is 10.2 Å². The summed E-state index contributed by atoms with van der Waals surface area (Å²) in [5, 5.41) is 7.36. The van der Waals surface area contributed by atoms with Gasteiger partial charge in [0, 0.05) is 31.4 Å². The second kappa shape index (κ2) is 6.63. The Hall–Kier alpha value is -1.72. The van der Waals surface area contributed by atoms with E-state index in [0.29, 0.717) is 22.3 Å². The van der Waals surface area contributed by atoms with Crippen LogP contribution in [0, 0.1) is 0 Å². The fourth-order valence-electron chi connectivity index (χ4n) is 1.55. The Morgan fingerprint density at radius 3 is 2.85 bits per heavy atom. The van der Waals surface area contributed by atoms with Gasteiger partial charge in [-0.2, -0.15) is 5.10 Å². The highest BCUT2D eigenvalue weighted by Gasteiger charge is 2.11. The van der Waals surface area contributed by atoms with Gasteiger partial charge in [0.2, 0.25) is 0 Å². The molecular formula is C13H13Cl2N3O2. The van der Waals surface area contributed by atoms with Crippen LogP contribution in [0.1, 0.15) is 5.56 Å². The van der Waals surface area contributed by atoms with Gasteiger partial charge in [-0.15, -0.1) is 0 Å². The van der Waals surface area contributed by atoms with E-state index in [1.54, 1.807) is 42.5 Å². The maximum Gasteiger partial charge on any atom is 0.260 e. The molecule has 0 saturated carbocycles. The van der Waals surface area contributed by atoms with Gasteiger partial charge in [0.1, 0.15) is 5.75 Å². The van der Waals surface area contributed by atoms with Crippen molar-refractivity contribution in [3.8, 4) is 5.75 Å². The summed E-state index contributed by atoms with van der Waals surface area (Å²) >= 11 is 11.7. The summed E-state index contributed by atoms with van der Waals surface area (Å²) in [6.45, 7) is 0.409. The normalized spacial score (nSPS) is 10.3. The quantitative estimate of drug-likeness (QED) is 0.923. The van der Waals surface area contributed by atoms with Crippen molar-refractivity contribution in [1.82, 2.24) is 15.1 Å². The number of carbonyl (C=O) groups is 1. The molecule has 0 radical (unpaired) electrons. The molecule has 0 aliphatic heterocycles. The van der Waals surface area contributed by atoms with E-state index in [0.717, 1.165) is 5.56 Å². The average molecular weight is 314 g/mol. The summed E-state index contributed by atoms with van der Waals surface area (Å²) in [5.74, 6) is 0.363. The van der Waals surface area contributed by atoms with Crippen molar-refractivity contribution in [3.63, 3.8) is 0 Å². The number of rotatable bonds is 5. The standard InChI is InChI=1S/C13H13Cl2N3O2/c1-18(7-9-5-16-17-6-9)13(19)8-20-10-2-3-11(14)12(15)4-10/h2-6H,7-8H2,1H3,(H,16,17). The van der Waals surface area contributed by atoms with Gasteiger partial charge in [-0.3, -0.25) is 9.89 Å². The molecule has 0 spiro atoms. The van der Waals surface area contributed by atoms with E-state index in [1.807, 2.05) is 0 Å². The van der Waals surface area contributed by atoms with Crippen LogP contribution in [-0.4, -0.2) is 34.7 Å². The van der Waals surface area contributed by atoms with Gasteiger partial charge in [0.05, 0.1) is 16.2 Å². The SMILES string of the molecule is CN(Cc1cn[nH]c1)C(=O)COc1ccc(Cl)c(Cl)c1. The average Bonchev–Trinajstić information content (AvgIpc) is 2.92. The molecule has 2 aromatic rings. The van der Waals surface area contributed by atoms with Crippen molar-refractivity contribution in [1.29, 1.82) is 0 Å². The summed E-state index contributed by atoms with van der Waals surface area (Å²) in [4.78, 5) is 13.5. The minimum absolute atomic E-state index is 0.0632. The molecule has 5 nitrogen and oxygen atoms in total. The van der Waals surface area contributed by atoms with Crippen LogP contribution in [0.3, 0.4) is 0 Å². The van der Waals surface area contributed by atoms with Crippen molar-refractivity contribution in [2.24, 2.45) is 0 Å². The Kier molecular flexibility index (Phi) is 4.87. The first kappa shape index (κ1) is 14.7. The lowest BCUT2D eigenvalue weighted by molar-refractivity contribution is -0.132. The predicted molar refractivity (Wildman–Crippen MR) is 77.0 cm³/mol. The number of nitrogens with zero attached hydrogens (tertiary/aromatic N) is 2. The molecule has 1 N–H and O–H groups in total. The number of likely N-dealkylation sites (N-methyl/N-ethyl adjacent to an activating group) is 1. The number of ether oxygens (including phenoxy) is 1. The molecule has 0 unspecified atom stereocenters. The third-order valence-electron chi connectivity index (χ3n) is 2.65. The smallest absolute Gasteiger partial charge is 0.260 e. The molecule has 0 atom stereocenters. The van der Waals surface area contributed by atoms with Gasteiger partial charge in [-0.05, 0) is 12.1 Å². The third kappa shape index (κ3) is 3.88. The number of hydrogen-bond donors (Lipinski definition) is 1. The highest BCUT2D eigenvalue weighted by molar-refractivity contribution is 6.42. The lowest BCUT2D eigenvalue weighted by Crippen LogP contribution is -2.30. The Labute approximate surface area is 126 Å². The summed E-state index contributed by atoms with van der Waals surface area (Å²) < 4.78 is 5.39. The van der Waals surface area contributed by atoms with Crippen LogP contribution in [0.25, 0.3) is 0 Å².